The summed E-state index contributed by atoms with van der Waals surface area (Å²) in [6, 6.07) is 18.4. The van der Waals surface area contributed by atoms with Gasteiger partial charge in [0.05, 0.1) is 24.2 Å². The molecule has 2 heterocycles. The molecule has 4 atom stereocenters. The van der Waals surface area contributed by atoms with Crippen molar-refractivity contribution in [1.29, 1.82) is 0 Å². The third-order valence-electron chi connectivity index (χ3n) is 6.27. The molecule has 1 aliphatic carbocycles. The van der Waals surface area contributed by atoms with Gasteiger partial charge in [-0.15, -0.1) is 0 Å². The smallest absolute Gasteiger partial charge is 0.310 e. The van der Waals surface area contributed by atoms with Crippen LogP contribution in [-0.4, -0.2) is 24.2 Å². The van der Waals surface area contributed by atoms with Gasteiger partial charge in [0.25, 0.3) is 0 Å². The lowest BCUT2D eigenvalue weighted by atomic mass is 9.68. The van der Waals surface area contributed by atoms with Gasteiger partial charge in [-0.25, -0.2) is 4.98 Å². The fraction of sp³-hybridized carbons (Fsp3) is 0.280. The van der Waals surface area contributed by atoms with Crippen LogP contribution in [-0.2, 0) is 16.0 Å². The van der Waals surface area contributed by atoms with E-state index >= 15 is 0 Å². The van der Waals surface area contributed by atoms with Crippen molar-refractivity contribution in [3.05, 3.63) is 77.5 Å². The van der Waals surface area contributed by atoms with E-state index in [1.54, 1.807) is 7.11 Å². The summed E-state index contributed by atoms with van der Waals surface area (Å²) in [6.07, 6.45) is 4.96. The Bertz CT molecular complexity index is 1120. The largest absolute Gasteiger partial charge is 0.497 e. The highest BCUT2D eigenvalue weighted by Crippen LogP contribution is 2.47. The zero-order chi connectivity index (χ0) is 20.0. The fourth-order valence-corrected chi connectivity index (χ4v) is 4.86. The molecule has 4 heteroatoms. The first-order valence-corrected chi connectivity index (χ1v) is 10.1. The summed E-state index contributed by atoms with van der Waals surface area (Å²) in [5.74, 6) is 1.00. The molecule has 1 fully saturated rings. The molecule has 0 saturated carbocycles. The quantitative estimate of drug-likeness (QED) is 0.609. The number of hydrogen-bond donors (Lipinski definition) is 0. The molecule has 0 N–H and O–H groups in total. The molecule has 0 spiro atoms. The van der Waals surface area contributed by atoms with Crippen LogP contribution in [0.25, 0.3) is 17.0 Å². The number of carbonyl (C=O) groups is 1. The van der Waals surface area contributed by atoms with E-state index in [4.69, 9.17) is 14.5 Å². The monoisotopic (exact) mass is 385 g/mol. The van der Waals surface area contributed by atoms with E-state index in [0.717, 1.165) is 28.8 Å². The number of pyridine rings is 1. The zero-order valence-electron chi connectivity index (χ0n) is 16.5. The summed E-state index contributed by atoms with van der Waals surface area (Å²) in [6.45, 7) is 2.01. The van der Waals surface area contributed by atoms with Crippen LogP contribution in [0.1, 0.15) is 29.7 Å². The summed E-state index contributed by atoms with van der Waals surface area (Å²) >= 11 is 0. The summed E-state index contributed by atoms with van der Waals surface area (Å²) in [7, 11) is 1.67. The fourth-order valence-electron chi connectivity index (χ4n) is 4.86. The first kappa shape index (κ1) is 17.9. The summed E-state index contributed by atoms with van der Waals surface area (Å²) in [5.41, 5.74) is 4.37. The van der Waals surface area contributed by atoms with Gasteiger partial charge in [0.1, 0.15) is 11.9 Å². The first-order valence-electron chi connectivity index (χ1n) is 10.1. The van der Waals surface area contributed by atoms with Crippen LogP contribution in [0.2, 0.25) is 0 Å². The van der Waals surface area contributed by atoms with Crippen molar-refractivity contribution in [1.82, 2.24) is 4.98 Å². The molecule has 2 aromatic carbocycles. The van der Waals surface area contributed by atoms with Crippen molar-refractivity contribution in [2.75, 3.05) is 7.11 Å². The third-order valence-corrected chi connectivity index (χ3v) is 6.27. The van der Waals surface area contributed by atoms with Gasteiger partial charge in [0.2, 0.25) is 0 Å². The van der Waals surface area contributed by atoms with Gasteiger partial charge in [0.15, 0.2) is 0 Å². The van der Waals surface area contributed by atoms with Gasteiger partial charge in [-0.3, -0.25) is 4.79 Å². The van der Waals surface area contributed by atoms with Crippen molar-refractivity contribution >= 4 is 22.9 Å². The van der Waals surface area contributed by atoms with Gasteiger partial charge >= 0.3 is 5.97 Å². The predicted molar refractivity (Wildman–Crippen MR) is 113 cm³/mol. The van der Waals surface area contributed by atoms with Crippen molar-refractivity contribution in [3.63, 3.8) is 0 Å². The predicted octanol–water partition coefficient (Wildman–Crippen LogP) is 4.77. The highest BCUT2D eigenvalue weighted by molar-refractivity contribution is 5.81. The third kappa shape index (κ3) is 3.09. The highest BCUT2D eigenvalue weighted by Gasteiger charge is 2.49. The minimum absolute atomic E-state index is 0.0619. The molecule has 1 saturated heterocycles. The molecule has 5 rings (SSSR count). The molecular weight excluding hydrogens is 362 g/mol. The Morgan fingerprint density at radius 3 is 2.86 bits per heavy atom. The molecule has 1 aromatic heterocycles. The first-order chi connectivity index (χ1) is 14.1. The Balaban J connectivity index is 1.51. The number of fused-ring (bicyclic) bond motifs is 3. The number of methoxy groups -OCH3 is 1. The van der Waals surface area contributed by atoms with Gasteiger partial charge in [-0.05, 0) is 54.8 Å². The topological polar surface area (TPSA) is 48.4 Å². The maximum atomic E-state index is 12.4. The Hall–Kier alpha value is -3.14. The van der Waals surface area contributed by atoms with Gasteiger partial charge < -0.3 is 9.47 Å². The number of nitrogens with zero attached hydrogens (tertiary/aromatic N) is 1. The van der Waals surface area contributed by atoms with Crippen molar-refractivity contribution in [2.45, 2.75) is 25.4 Å². The number of esters is 1. The average Bonchev–Trinajstić information content (AvgIpc) is 3.04. The minimum Gasteiger partial charge on any atom is -0.497 e. The second kappa shape index (κ2) is 7.03. The van der Waals surface area contributed by atoms with E-state index in [-0.39, 0.29) is 29.8 Å². The molecule has 0 radical (unpaired) electrons. The number of aromatic nitrogens is 1. The van der Waals surface area contributed by atoms with Crippen LogP contribution in [0.3, 0.4) is 0 Å². The Kier molecular flexibility index (Phi) is 4.35. The van der Waals surface area contributed by atoms with Crippen LogP contribution in [0.15, 0.2) is 60.7 Å². The summed E-state index contributed by atoms with van der Waals surface area (Å²) in [4.78, 5) is 17.1. The summed E-state index contributed by atoms with van der Waals surface area (Å²) < 4.78 is 10.9. The standard InChI is InChI=1S/C25H23NO3/c1-15-24-21(20-6-4-3-5-16(20)14-22(24)25(27)29-15)11-9-18-8-7-17-13-19(28-2)10-12-23(17)26-18/h3-13,15,21-22,24H,14H2,1-2H3/b11-9+/t15-,21-,22-,24+/m0/s1. The van der Waals surface area contributed by atoms with Crippen LogP contribution in [0.5, 0.6) is 5.75 Å². The lowest BCUT2D eigenvalue weighted by molar-refractivity contribution is -0.143. The number of ether oxygens (including phenoxy) is 2. The normalized spacial score (nSPS) is 25.7. The molecule has 3 aromatic rings. The number of allylic oxidation sites excluding steroid dienone is 1. The lowest BCUT2D eigenvalue weighted by Gasteiger charge is -2.33. The van der Waals surface area contributed by atoms with E-state index in [1.807, 2.05) is 37.3 Å². The number of benzene rings is 2. The molecule has 4 nitrogen and oxygen atoms in total. The maximum Gasteiger partial charge on any atom is 0.310 e. The van der Waals surface area contributed by atoms with Crippen LogP contribution >= 0.6 is 0 Å². The molecule has 1 aliphatic heterocycles. The van der Waals surface area contributed by atoms with Gasteiger partial charge in [0, 0.05) is 17.2 Å². The van der Waals surface area contributed by atoms with Crippen molar-refractivity contribution < 1.29 is 14.3 Å². The molecule has 29 heavy (non-hydrogen) atoms. The molecule has 0 unspecified atom stereocenters. The Labute approximate surface area is 170 Å². The highest BCUT2D eigenvalue weighted by atomic mass is 16.6. The van der Waals surface area contributed by atoms with E-state index in [0.29, 0.717) is 0 Å². The van der Waals surface area contributed by atoms with Gasteiger partial charge in [-0.2, -0.15) is 0 Å². The zero-order valence-corrected chi connectivity index (χ0v) is 16.5. The van der Waals surface area contributed by atoms with E-state index in [1.165, 1.54) is 11.1 Å². The van der Waals surface area contributed by atoms with Crippen molar-refractivity contribution in [2.24, 2.45) is 11.8 Å². The lowest BCUT2D eigenvalue weighted by Crippen LogP contribution is -2.31. The van der Waals surface area contributed by atoms with E-state index < -0.39 is 0 Å². The molecular formula is C25H23NO3. The second-order valence-corrected chi connectivity index (χ2v) is 7.91. The van der Waals surface area contributed by atoms with E-state index in [2.05, 4.69) is 36.4 Å². The van der Waals surface area contributed by atoms with Gasteiger partial charge in [-0.1, -0.05) is 36.4 Å². The van der Waals surface area contributed by atoms with E-state index in [9.17, 15) is 4.79 Å². The number of carbonyl (C=O) groups excluding carboxylic acids is 1. The summed E-state index contributed by atoms with van der Waals surface area (Å²) in [5, 5.41) is 1.05. The number of rotatable bonds is 3. The minimum atomic E-state index is -0.0764. The maximum absolute atomic E-state index is 12.4. The van der Waals surface area contributed by atoms with Crippen LogP contribution in [0, 0.1) is 11.8 Å². The number of cyclic esters (lactones) is 1. The average molecular weight is 385 g/mol. The second-order valence-electron chi connectivity index (χ2n) is 7.91. The van der Waals surface area contributed by atoms with Crippen LogP contribution in [0.4, 0.5) is 0 Å². The van der Waals surface area contributed by atoms with Crippen LogP contribution < -0.4 is 4.74 Å². The molecule has 146 valence electrons. The molecule has 2 aliphatic rings. The molecule has 0 amide bonds. The van der Waals surface area contributed by atoms with Crippen molar-refractivity contribution in [3.8, 4) is 5.75 Å². The Morgan fingerprint density at radius 2 is 2.00 bits per heavy atom. The molecule has 0 bridgehead atoms. The number of hydrogen-bond acceptors (Lipinski definition) is 4. The Morgan fingerprint density at radius 1 is 1.14 bits per heavy atom. The SMILES string of the molecule is COc1ccc2nc(/C=C/[C@H]3c4ccccc4C[C@@H]4C(=O)O[C@@H](C)[C@@H]43)ccc2c1.